The van der Waals surface area contributed by atoms with E-state index in [1.807, 2.05) is 0 Å². The van der Waals surface area contributed by atoms with Crippen LogP contribution in [0.25, 0.3) is 0 Å². The fourth-order valence-electron chi connectivity index (χ4n) is 0.966. The Balaban J connectivity index is 1.89. The van der Waals surface area contributed by atoms with E-state index >= 15 is 0 Å². The molecule has 0 N–H and O–H groups in total. The van der Waals surface area contributed by atoms with Crippen LogP contribution in [0.15, 0.2) is 18.7 Å². The van der Waals surface area contributed by atoms with Crippen LogP contribution in [0, 0.1) is 5.92 Å². The molecule has 0 bridgehead atoms. The Labute approximate surface area is 76.0 Å². The van der Waals surface area contributed by atoms with Gasteiger partial charge < -0.3 is 4.74 Å². The Morgan fingerprint density at radius 2 is 2.15 bits per heavy atom. The van der Waals surface area contributed by atoms with Crippen molar-refractivity contribution >= 4 is 5.97 Å². The van der Waals surface area contributed by atoms with Crippen LogP contribution in [-0.2, 0) is 4.74 Å². The molecule has 1 fully saturated rings. The Morgan fingerprint density at radius 1 is 1.46 bits per heavy atom. The van der Waals surface area contributed by atoms with E-state index in [2.05, 4.69) is 9.97 Å². The molecule has 1 aliphatic carbocycles. The van der Waals surface area contributed by atoms with Gasteiger partial charge in [0.05, 0.1) is 12.2 Å². The van der Waals surface area contributed by atoms with Gasteiger partial charge in [-0.25, -0.2) is 14.8 Å². The summed E-state index contributed by atoms with van der Waals surface area (Å²) in [5, 5.41) is 0. The number of carbonyl (C=O) groups excluding carboxylic acids is 1. The van der Waals surface area contributed by atoms with E-state index in [1.165, 1.54) is 31.6 Å². The zero-order chi connectivity index (χ0) is 9.10. The summed E-state index contributed by atoms with van der Waals surface area (Å²) < 4.78 is 5.03. The zero-order valence-corrected chi connectivity index (χ0v) is 7.14. The predicted molar refractivity (Wildman–Crippen MR) is 45.0 cm³/mol. The quantitative estimate of drug-likeness (QED) is 0.649. The van der Waals surface area contributed by atoms with E-state index in [9.17, 15) is 4.79 Å². The molecule has 1 aromatic heterocycles. The highest BCUT2D eigenvalue weighted by Crippen LogP contribution is 2.28. The lowest BCUT2D eigenvalue weighted by Crippen LogP contribution is -2.08. The first-order valence-corrected chi connectivity index (χ1v) is 4.28. The van der Waals surface area contributed by atoms with Crippen molar-refractivity contribution in [2.24, 2.45) is 5.92 Å². The molecule has 1 saturated carbocycles. The van der Waals surface area contributed by atoms with Crippen molar-refractivity contribution in [3.8, 4) is 0 Å². The number of esters is 1. The van der Waals surface area contributed by atoms with Crippen molar-refractivity contribution < 1.29 is 9.53 Å². The van der Waals surface area contributed by atoms with Crippen molar-refractivity contribution in [3.63, 3.8) is 0 Å². The maximum atomic E-state index is 11.3. The highest BCUT2D eigenvalue weighted by molar-refractivity contribution is 5.88. The molecule has 0 saturated heterocycles. The van der Waals surface area contributed by atoms with Crippen molar-refractivity contribution in [1.82, 2.24) is 9.97 Å². The topological polar surface area (TPSA) is 52.1 Å². The number of nitrogens with zero attached hydrogens (tertiary/aromatic N) is 2. The highest BCUT2D eigenvalue weighted by atomic mass is 16.5. The summed E-state index contributed by atoms with van der Waals surface area (Å²) in [4.78, 5) is 18.7. The van der Waals surface area contributed by atoms with Gasteiger partial charge in [-0.15, -0.1) is 0 Å². The third kappa shape index (κ3) is 2.24. The van der Waals surface area contributed by atoms with Gasteiger partial charge in [0.2, 0.25) is 0 Å². The van der Waals surface area contributed by atoms with Gasteiger partial charge in [0.1, 0.15) is 6.33 Å². The minimum atomic E-state index is -0.326. The van der Waals surface area contributed by atoms with Crippen LogP contribution in [0.2, 0.25) is 0 Å². The molecule has 0 aromatic carbocycles. The van der Waals surface area contributed by atoms with Gasteiger partial charge in [0, 0.05) is 12.4 Å². The number of hydrogen-bond donors (Lipinski definition) is 0. The summed E-state index contributed by atoms with van der Waals surface area (Å²) in [7, 11) is 0. The number of aromatic nitrogens is 2. The fourth-order valence-corrected chi connectivity index (χ4v) is 0.966. The molecule has 0 amide bonds. The van der Waals surface area contributed by atoms with Crippen LogP contribution < -0.4 is 0 Å². The van der Waals surface area contributed by atoms with Gasteiger partial charge in [-0.3, -0.25) is 0 Å². The first-order valence-electron chi connectivity index (χ1n) is 4.28. The largest absolute Gasteiger partial charge is 0.462 e. The van der Waals surface area contributed by atoms with Gasteiger partial charge in [0.15, 0.2) is 0 Å². The summed E-state index contributed by atoms with van der Waals surface area (Å²) in [5.41, 5.74) is 0.420. The molecule has 13 heavy (non-hydrogen) atoms. The third-order valence-electron chi connectivity index (χ3n) is 1.94. The molecule has 0 radical (unpaired) electrons. The summed E-state index contributed by atoms with van der Waals surface area (Å²) >= 11 is 0. The predicted octanol–water partition coefficient (Wildman–Crippen LogP) is 1.04. The molecule has 0 atom stereocenters. The molecule has 4 heteroatoms. The Hall–Kier alpha value is -1.45. The monoisotopic (exact) mass is 178 g/mol. The van der Waals surface area contributed by atoms with Gasteiger partial charge >= 0.3 is 5.97 Å². The third-order valence-corrected chi connectivity index (χ3v) is 1.94. The second-order valence-corrected chi connectivity index (χ2v) is 3.17. The summed E-state index contributed by atoms with van der Waals surface area (Å²) in [6.07, 6.45) is 6.67. The lowest BCUT2D eigenvalue weighted by Gasteiger charge is -2.01. The Morgan fingerprint density at radius 3 is 2.77 bits per heavy atom. The Bertz CT molecular complexity index is 296. The number of rotatable bonds is 3. The molecule has 0 unspecified atom stereocenters. The summed E-state index contributed by atoms with van der Waals surface area (Å²) in [5.74, 6) is 0.265. The average molecular weight is 178 g/mol. The van der Waals surface area contributed by atoms with E-state index in [-0.39, 0.29) is 5.97 Å². The van der Waals surface area contributed by atoms with E-state index in [4.69, 9.17) is 4.74 Å². The highest BCUT2D eigenvalue weighted by Gasteiger charge is 2.23. The van der Waals surface area contributed by atoms with Crippen LogP contribution in [0.5, 0.6) is 0 Å². The van der Waals surface area contributed by atoms with Crippen molar-refractivity contribution in [3.05, 3.63) is 24.3 Å². The van der Waals surface area contributed by atoms with Crippen molar-refractivity contribution in [2.45, 2.75) is 12.8 Å². The molecule has 1 aromatic rings. The number of hydrogen-bond acceptors (Lipinski definition) is 4. The maximum absolute atomic E-state index is 11.3. The van der Waals surface area contributed by atoms with Crippen LogP contribution in [0.3, 0.4) is 0 Å². The standard InChI is InChI=1S/C9H10N2O2/c12-9(13-5-7-1-2-7)8-3-10-6-11-4-8/h3-4,6-7H,1-2,5H2. The van der Waals surface area contributed by atoms with Gasteiger partial charge in [-0.1, -0.05) is 0 Å². The molecule has 68 valence electrons. The number of ether oxygens (including phenoxy) is 1. The fraction of sp³-hybridized carbons (Fsp3) is 0.444. The van der Waals surface area contributed by atoms with E-state index in [0.717, 1.165) is 0 Å². The second kappa shape index (κ2) is 3.51. The average Bonchev–Trinajstić information content (AvgIpc) is 2.99. The zero-order valence-electron chi connectivity index (χ0n) is 7.14. The normalized spacial score (nSPS) is 15.4. The minimum Gasteiger partial charge on any atom is -0.462 e. The van der Waals surface area contributed by atoms with Gasteiger partial charge in [0.25, 0.3) is 0 Å². The molecule has 0 aliphatic heterocycles. The van der Waals surface area contributed by atoms with Crippen molar-refractivity contribution in [2.75, 3.05) is 6.61 Å². The van der Waals surface area contributed by atoms with E-state index in [0.29, 0.717) is 18.1 Å². The van der Waals surface area contributed by atoms with Gasteiger partial charge in [-0.2, -0.15) is 0 Å². The van der Waals surface area contributed by atoms with Crippen LogP contribution >= 0.6 is 0 Å². The summed E-state index contributed by atoms with van der Waals surface area (Å²) in [6.45, 7) is 0.535. The van der Waals surface area contributed by atoms with Crippen molar-refractivity contribution in [1.29, 1.82) is 0 Å². The van der Waals surface area contributed by atoms with Crippen LogP contribution in [0.4, 0.5) is 0 Å². The SMILES string of the molecule is O=C(OCC1CC1)c1cncnc1. The first-order chi connectivity index (χ1) is 6.36. The van der Waals surface area contributed by atoms with Gasteiger partial charge in [-0.05, 0) is 18.8 Å². The van der Waals surface area contributed by atoms with Crippen LogP contribution in [-0.4, -0.2) is 22.5 Å². The molecule has 4 nitrogen and oxygen atoms in total. The maximum Gasteiger partial charge on any atom is 0.341 e. The first kappa shape index (κ1) is 8.16. The smallest absolute Gasteiger partial charge is 0.341 e. The minimum absolute atomic E-state index is 0.326. The van der Waals surface area contributed by atoms with E-state index in [1.54, 1.807) is 0 Å². The summed E-state index contributed by atoms with van der Waals surface area (Å²) in [6, 6.07) is 0. The lowest BCUT2D eigenvalue weighted by atomic mass is 10.3. The molecular formula is C9H10N2O2. The molecule has 1 aliphatic rings. The molecule has 2 rings (SSSR count). The van der Waals surface area contributed by atoms with E-state index < -0.39 is 0 Å². The molecule has 1 heterocycles. The molecular weight excluding hydrogens is 168 g/mol. The lowest BCUT2D eigenvalue weighted by molar-refractivity contribution is 0.0485. The van der Waals surface area contributed by atoms with Crippen LogP contribution in [0.1, 0.15) is 23.2 Å². The molecule has 0 spiro atoms. The Kier molecular flexibility index (Phi) is 2.21. The number of carbonyl (C=O) groups is 1. The second-order valence-electron chi connectivity index (χ2n) is 3.17.